The van der Waals surface area contributed by atoms with Gasteiger partial charge in [-0.25, -0.2) is 13.2 Å². The summed E-state index contributed by atoms with van der Waals surface area (Å²) in [6.45, 7) is 0.388. The molecule has 0 bridgehead atoms. The maximum Gasteiger partial charge on any atom is 0.194 e. The Labute approximate surface area is 112 Å². The van der Waals surface area contributed by atoms with E-state index in [1.165, 1.54) is 32.1 Å². The van der Waals surface area contributed by atoms with Crippen LogP contribution in [-0.2, 0) is 6.54 Å². The SMILES string of the molecule is Fc1cc(CNC2CCCCCCC2)cc(F)c1F. The van der Waals surface area contributed by atoms with E-state index >= 15 is 0 Å². The van der Waals surface area contributed by atoms with Crippen LogP contribution in [0.15, 0.2) is 12.1 Å². The highest BCUT2D eigenvalue weighted by molar-refractivity contribution is 5.19. The fourth-order valence-electron chi connectivity index (χ4n) is 2.63. The molecule has 1 aromatic rings. The van der Waals surface area contributed by atoms with Crippen molar-refractivity contribution in [1.29, 1.82) is 0 Å². The van der Waals surface area contributed by atoms with Gasteiger partial charge in [0, 0.05) is 12.6 Å². The molecule has 1 N–H and O–H groups in total. The van der Waals surface area contributed by atoms with E-state index in [1.54, 1.807) is 0 Å². The highest BCUT2D eigenvalue weighted by Gasteiger charge is 2.13. The number of rotatable bonds is 3. The van der Waals surface area contributed by atoms with E-state index in [-0.39, 0.29) is 0 Å². The molecule has 0 spiro atoms. The number of nitrogens with one attached hydrogen (secondary N) is 1. The van der Waals surface area contributed by atoms with E-state index in [2.05, 4.69) is 5.32 Å². The molecular formula is C15H20F3N. The van der Waals surface area contributed by atoms with Gasteiger partial charge in [-0.3, -0.25) is 0 Å². The molecule has 0 aliphatic heterocycles. The van der Waals surface area contributed by atoms with Crippen molar-refractivity contribution in [2.45, 2.75) is 57.5 Å². The summed E-state index contributed by atoms with van der Waals surface area (Å²) in [5, 5.41) is 3.32. The molecule has 1 nitrogen and oxygen atoms in total. The largest absolute Gasteiger partial charge is 0.310 e. The van der Waals surface area contributed by atoms with Gasteiger partial charge in [0.1, 0.15) is 0 Å². The Morgan fingerprint density at radius 1 is 0.895 bits per heavy atom. The summed E-state index contributed by atoms with van der Waals surface area (Å²) >= 11 is 0. The Morgan fingerprint density at radius 2 is 1.42 bits per heavy atom. The first-order valence-corrected chi connectivity index (χ1v) is 7.03. The Balaban J connectivity index is 1.90. The third kappa shape index (κ3) is 4.23. The number of benzene rings is 1. The molecule has 2 rings (SSSR count). The number of halogens is 3. The second-order valence-corrected chi connectivity index (χ2v) is 5.30. The van der Waals surface area contributed by atoms with Crippen LogP contribution in [0.5, 0.6) is 0 Å². The molecule has 0 unspecified atom stereocenters. The molecule has 0 aromatic heterocycles. The topological polar surface area (TPSA) is 12.0 Å². The van der Waals surface area contributed by atoms with Crippen LogP contribution < -0.4 is 5.32 Å². The first-order valence-electron chi connectivity index (χ1n) is 7.03. The van der Waals surface area contributed by atoms with Gasteiger partial charge in [0.25, 0.3) is 0 Å². The third-order valence-electron chi connectivity index (χ3n) is 3.74. The maximum atomic E-state index is 13.1. The average molecular weight is 271 g/mol. The third-order valence-corrected chi connectivity index (χ3v) is 3.74. The monoisotopic (exact) mass is 271 g/mol. The first kappa shape index (κ1) is 14.4. The summed E-state index contributed by atoms with van der Waals surface area (Å²) in [6, 6.07) is 2.53. The summed E-state index contributed by atoms with van der Waals surface area (Å²) in [6.07, 6.45) is 8.43. The minimum atomic E-state index is -1.39. The van der Waals surface area contributed by atoms with Crippen molar-refractivity contribution in [3.8, 4) is 0 Å². The lowest BCUT2D eigenvalue weighted by Crippen LogP contribution is -2.29. The van der Waals surface area contributed by atoms with E-state index in [0.29, 0.717) is 18.2 Å². The summed E-state index contributed by atoms with van der Waals surface area (Å²) in [5.41, 5.74) is 0.457. The highest BCUT2D eigenvalue weighted by Crippen LogP contribution is 2.18. The van der Waals surface area contributed by atoms with Crippen molar-refractivity contribution in [2.24, 2.45) is 0 Å². The van der Waals surface area contributed by atoms with Gasteiger partial charge in [0.2, 0.25) is 0 Å². The van der Waals surface area contributed by atoms with Crippen molar-refractivity contribution < 1.29 is 13.2 Å². The molecule has 1 aromatic carbocycles. The standard InChI is InChI=1S/C15H20F3N/c16-13-8-11(9-14(17)15(13)18)10-19-12-6-4-2-1-3-5-7-12/h8-9,12,19H,1-7,10H2. The van der Waals surface area contributed by atoms with Crippen LogP contribution >= 0.6 is 0 Å². The molecule has 1 saturated carbocycles. The van der Waals surface area contributed by atoms with Gasteiger partial charge in [0.05, 0.1) is 0 Å². The van der Waals surface area contributed by atoms with Gasteiger partial charge >= 0.3 is 0 Å². The van der Waals surface area contributed by atoms with Crippen LogP contribution in [-0.4, -0.2) is 6.04 Å². The van der Waals surface area contributed by atoms with E-state index in [4.69, 9.17) is 0 Å². The normalized spacial score (nSPS) is 18.1. The van der Waals surface area contributed by atoms with Crippen LogP contribution in [0.2, 0.25) is 0 Å². The summed E-state index contributed by atoms with van der Waals surface area (Å²) in [7, 11) is 0. The first-order chi connectivity index (χ1) is 9.16. The van der Waals surface area contributed by atoms with Crippen molar-refractivity contribution in [3.63, 3.8) is 0 Å². The predicted molar refractivity (Wildman–Crippen MR) is 69.3 cm³/mol. The van der Waals surface area contributed by atoms with E-state index in [1.807, 2.05) is 0 Å². The number of hydrogen-bond acceptors (Lipinski definition) is 1. The minimum Gasteiger partial charge on any atom is -0.310 e. The molecule has 0 amide bonds. The van der Waals surface area contributed by atoms with Crippen molar-refractivity contribution in [3.05, 3.63) is 35.1 Å². The van der Waals surface area contributed by atoms with Crippen LogP contribution in [0.25, 0.3) is 0 Å². The molecule has 1 aliphatic rings. The van der Waals surface area contributed by atoms with Crippen LogP contribution in [0, 0.1) is 17.5 Å². The van der Waals surface area contributed by atoms with Crippen molar-refractivity contribution in [2.75, 3.05) is 0 Å². The second-order valence-electron chi connectivity index (χ2n) is 5.30. The zero-order valence-electron chi connectivity index (χ0n) is 11.0. The highest BCUT2D eigenvalue weighted by atomic mass is 19.2. The fraction of sp³-hybridized carbons (Fsp3) is 0.600. The van der Waals surface area contributed by atoms with Gasteiger partial charge in [-0.15, -0.1) is 0 Å². The summed E-state index contributed by atoms with van der Waals surface area (Å²) < 4.78 is 39.0. The Hall–Kier alpha value is -1.03. The lowest BCUT2D eigenvalue weighted by molar-refractivity contribution is 0.387. The second kappa shape index (κ2) is 6.94. The van der Waals surface area contributed by atoms with Crippen molar-refractivity contribution >= 4 is 0 Å². The van der Waals surface area contributed by atoms with Gasteiger partial charge in [-0.2, -0.15) is 0 Å². The zero-order chi connectivity index (χ0) is 13.7. The lowest BCUT2D eigenvalue weighted by Gasteiger charge is -2.21. The van der Waals surface area contributed by atoms with Crippen molar-refractivity contribution in [1.82, 2.24) is 5.32 Å². The van der Waals surface area contributed by atoms with Gasteiger partial charge in [-0.1, -0.05) is 32.1 Å². The molecular weight excluding hydrogens is 251 g/mol. The molecule has 0 saturated heterocycles. The number of hydrogen-bond donors (Lipinski definition) is 1. The maximum absolute atomic E-state index is 13.1. The Kier molecular flexibility index (Phi) is 5.25. The lowest BCUT2D eigenvalue weighted by atomic mass is 9.96. The molecule has 1 aliphatic carbocycles. The van der Waals surface area contributed by atoms with Gasteiger partial charge in [-0.05, 0) is 30.5 Å². The molecule has 0 heterocycles. The predicted octanol–water partition coefficient (Wildman–Crippen LogP) is 4.31. The molecule has 0 radical (unpaired) electrons. The minimum absolute atomic E-state index is 0.388. The molecule has 0 atom stereocenters. The molecule has 19 heavy (non-hydrogen) atoms. The van der Waals surface area contributed by atoms with E-state index in [0.717, 1.165) is 25.0 Å². The fourth-order valence-corrected chi connectivity index (χ4v) is 2.63. The average Bonchev–Trinajstić information content (AvgIpc) is 2.34. The Bertz CT molecular complexity index is 389. The summed E-state index contributed by atoms with van der Waals surface area (Å²) in [5.74, 6) is -3.63. The quantitative estimate of drug-likeness (QED) is 0.808. The molecule has 106 valence electrons. The van der Waals surface area contributed by atoms with Gasteiger partial charge < -0.3 is 5.32 Å². The zero-order valence-corrected chi connectivity index (χ0v) is 11.0. The molecule has 4 heteroatoms. The van der Waals surface area contributed by atoms with Crippen LogP contribution in [0.1, 0.15) is 50.5 Å². The summed E-state index contributed by atoms with van der Waals surface area (Å²) in [4.78, 5) is 0. The van der Waals surface area contributed by atoms with Crippen LogP contribution in [0.3, 0.4) is 0 Å². The Morgan fingerprint density at radius 3 is 2.00 bits per heavy atom. The molecule has 1 fully saturated rings. The smallest absolute Gasteiger partial charge is 0.194 e. The van der Waals surface area contributed by atoms with E-state index in [9.17, 15) is 13.2 Å². The van der Waals surface area contributed by atoms with Crippen LogP contribution in [0.4, 0.5) is 13.2 Å². The van der Waals surface area contributed by atoms with E-state index < -0.39 is 17.5 Å². The van der Waals surface area contributed by atoms with Gasteiger partial charge in [0.15, 0.2) is 17.5 Å².